The van der Waals surface area contributed by atoms with Crippen molar-refractivity contribution in [2.45, 2.75) is 28.9 Å². The van der Waals surface area contributed by atoms with Crippen molar-refractivity contribution in [2.75, 3.05) is 12.3 Å². The fourth-order valence-electron chi connectivity index (χ4n) is 1.95. The molecule has 1 aliphatic rings. The minimum atomic E-state index is -1.13. The molecule has 1 saturated heterocycles. The van der Waals surface area contributed by atoms with Gasteiger partial charge in [0.15, 0.2) is 16.6 Å². The van der Waals surface area contributed by atoms with E-state index in [2.05, 4.69) is 19.9 Å². The summed E-state index contributed by atoms with van der Waals surface area (Å²) in [7, 11) is 0. The normalized spacial score (nSPS) is 30.1. The van der Waals surface area contributed by atoms with E-state index in [1.54, 1.807) is 0 Å². The Balaban J connectivity index is 1.81. The fourth-order valence-corrected chi connectivity index (χ4v) is 2.97. The number of nitrogens with one attached hydrogen (secondary N) is 1. The minimum Gasteiger partial charge on any atom is -0.394 e. The number of nitrogen functional groups attached to an aromatic ring is 1. The highest BCUT2D eigenvalue weighted by Crippen LogP contribution is 2.33. The van der Waals surface area contributed by atoms with Crippen molar-refractivity contribution < 1.29 is 20.1 Å². The van der Waals surface area contributed by atoms with Gasteiger partial charge in [-0.15, -0.1) is 0 Å². The number of ether oxygens (including phenoxy) is 1. The number of aliphatic hydroxyl groups excluding tert-OH is 3. The first kappa shape index (κ1) is 13.5. The van der Waals surface area contributed by atoms with Gasteiger partial charge in [0.2, 0.25) is 0 Å². The lowest BCUT2D eigenvalue weighted by Crippen LogP contribution is -2.33. The Kier molecular flexibility index (Phi) is 3.48. The third kappa shape index (κ3) is 2.21. The van der Waals surface area contributed by atoms with Gasteiger partial charge >= 0.3 is 0 Å². The predicted molar refractivity (Wildman–Crippen MR) is 69.7 cm³/mol. The molecule has 0 amide bonds. The van der Waals surface area contributed by atoms with Gasteiger partial charge in [-0.05, 0) is 0 Å². The summed E-state index contributed by atoms with van der Waals surface area (Å²) in [6.45, 7) is -0.367. The summed E-state index contributed by atoms with van der Waals surface area (Å²) in [6, 6.07) is 0. The largest absolute Gasteiger partial charge is 0.394 e. The number of anilines is 1. The average molecular weight is 299 g/mol. The van der Waals surface area contributed by atoms with E-state index in [9.17, 15) is 10.2 Å². The Morgan fingerprint density at radius 1 is 1.35 bits per heavy atom. The van der Waals surface area contributed by atoms with Gasteiger partial charge in [0.1, 0.15) is 35.6 Å². The molecule has 1 aliphatic heterocycles. The van der Waals surface area contributed by atoms with Crippen LogP contribution in [0.5, 0.6) is 0 Å². The molecule has 3 heterocycles. The van der Waals surface area contributed by atoms with E-state index in [0.717, 1.165) is 11.8 Å². The van der Waals surface area contributed by atoms with E-state index in [1.807, 2.05) is 0 Å². The number of H-pyrrole nitrogens is 1. The second-order valence-corrected chi connectivity index (χ2v) is 5.41. The summed E-state index contributed by atoms with van der Waals surface area (Å²) < 4.78 is 5.35. The molecule has 0 unspecified atom stereocenters. The van der Waals surface area contributed by atoms with Crippen LogP contribution in [0.25, 0.3) is 11.2 Å². The maximum atomic E-state index is 9.85. The highest BCUT2D eigenvalue weighted by Gasteiger charge is 2.43. The van der Waals surface area contributed by atoms with E-state index in [4.69, 9.17) is 15.6 Å². The van der Waals surface area contributed by atoms with Crippen LogP contribution in [0.15, 0.2) is 11.5 Å². The molecule has 2 aromatic rings. The first-order valence-electron chi connectivity index (χ1n) is 5.85. The van der Waals surface area contributed by atoms with Gasteiger partial charge in [-0.1, -0.05) is 11.8 Å². The Morgan fingerprint density at radius 2 is 2.15 bits per heavy atom. The lowest BCUT2D eigenvalue weighted by molar-refractivity contribution is -0.00810. The maximum absolute atomic E-state index is 9.85. The molecule has 0 aliphatic carbocycles. The third-order valence-electron chi connectivity index (χ3n) is 3.02. The quantitative estimate of drug-likeness (QED) is 0.454. The van der Waals surface area contributed by atoms with Gasteiger partial charge in [-0.25, -0.2) is 15.0 Å². The Morgan fingerprint density at radius 3 is 2.80 bits per heavy atom. The van der Waals surface area contributed by atoms with Crippen molar-refractivity contribution in [2.24, 2.45) is 0 Å². The highest BCUT2D eigenvalue weighted by atomic mass is 32.2. The monoisotopic (exact) mass is 299 g/mol. The summed E-state index contributed by atoms with van der Waals surface area (Å²) in [6.07, 6.45) is -1.75. The number of nitrogens with zero attached hydrogens (tertiary/aromatic N) is 3. The molecule has 3 rings (SSSR count). The van der Waals surface area contributed by atoms with Crippen molar-refractivity contribution >= 4 is 28.7 Å². The minimum absolute atomic E-state index is 0.274. The summed E-state index contributed by atoms with van der Waals surface area (Å²) >= 11 is 1.08. The van der Waals surface area contributed by atoms with Crippen molar-refractivity contribution in [1.82, 2.24) is 19.9 Å². The van der Waals surface area contributed by atoms with Gasteiger partial charge in [-0.3, -0.25) is 0 Å². The van der Waals surface area contributed by atoms with Gasteiger partial charge in [0.05, 0.1) is 6.61 Å². The molecule has 0 bridgehead atoms. The number of rotatable bonds is 3. The van der Waals surface area contributed by atoms with E-state index >= 15 is 0 Å². The van der Waals surface area contributed by atoms with Gasteiger partial charge in [0, 0.05) is 0 Å². The summed E-state index contributed by atoms with van der Waals surface area (Å²) in [5.74, 6) is 0.274. The molecule has 9 nitrogen and oxygen atoms in total. The number of nitrogens with two attached hydrogens (primary N) is 1. The zero-order valence-corrected chi connectivity index (χ0v) is 11.0. The molecule has 10 heteroatoms. The first-order valence-corrected chi connectivity index (χ1v) is 6.73. The smallest absolute Gasteiger partial charge is 0.183 e. The first-order chi connectivity index (χ1) is 9.60. The molecular formula is C10H13N5O4S. The van der Waals surface area contributed by atoms with Gasteiger partial charge in [-0.2, -0.15) is 0 Å². The highest BCUT2D eigenvalue weighted by molar-refractivity contribution is 7.99. The second kappa shape index (κ2) is 5.14. The molecule has 108 valence electrons. The number of aromatic amines is 1. The molecule has 4 atom stereocenters. The van der Waals surface area contributed by atoms with Crippen LogP contribution in [-0.4, -0.2) is 65.6 Å². The zero-order valence-electron chi connectivity index (χ0n) is 10.2. The van der Waals surface area contributed by atoms with Gasteiger partial charge in [0.25, 0.3) is 0 Å². The van der Waals surface area contributed by atoms with E-state index in [0.29, 0.717) is 16.3 Å². The number of fused-ring (bicyclic) bond motifs is 1. The molecular weight excluding hydrogens is 286 g/mol. The average Bonchev–Trinajstić information content (AvgIpc) is 2.96. The Labute approximate surface area is 117 Å². The van der Waals surface area contributed by atoms with Crippen molar-refractivity contribution in [1.29, 1.82) is 0 Å². The van der Waals surface area contributed by atoms with Gasteiger partial charge < -0.3 is 30.8 Å². The van der Waals surface area contributed by atoms with E-state index in [1.165, 1.54) is 6.33 Å². The third-order valence-corrected chi connectivity index (χ3v) is 4.06. The molecule has 20 heavy (non-hydrogen) atoms. The number of aromatic nitrogens is 4. The van der Waals surface area contributed by atoms with Crippen LogP contribution in [0.3, 0.4) is 0 Å². The molecule has 0 radical (unpaired) electrons. The molecule has 0 saturated carbocycles. The number of imidazole rings is 1. The number of thioether (sulfide) groups is 1. The molecule has 2 aromatic heterocycles. The zero-order chi connectivity index (χ0) is 14.3. The summed E-state index contributed by atoms with van der Waals surface area (Å²) in [5, 5.41) is 29.0. The second-order valence-electron chi connectivity index (χ2n) is 4.32. The van der Waals surface area contributed by atoms with Crippen molar-refractivity contribution in [3.8, 4) is 0 Å². The number of hydrogen-bond acceptors (Lipinski definition) is 9. The SMILES string of the molecule is Nc1ncnc2nc(S[C@@H]3O[C@@H](CO)[C@@H](O)[C@@H]3O)[nH]c12. The van der Waals surface area contributed by atoms with E-state index < -0.39 is 23.7 Å². The predicted octanol–water partition coefficient (Wildman–Crippen LogP) is -1.53. The maximum Gasteiger partial charge on any atom is 0.183 e. The van der Waals surface area contributed by atoms with E-state index in [-0.39, 0.29) is 12.4 Å². The Hall–Kier alpha value is -1.46. The summed E-state index contributed by atoms with van der Waals surface area (Å²) in [4.78, 5) is 14.9. The molecule has 0 aromatic carbocycles. The van der Waals surface area contributed by atoms with Crippen LogP contribution in [-0.2, 0) is 4.74 Å². The lowest BCUT2D eigenvalue weighted by Gasteiger charge is -2.11. The summed E-state index contributed by atoms with van der Waals surface area (Å²) in [5.41, 5.74) is 5.86. The van der Waals surface area contributed by atoms with Crippen LogP contribution < -0.4 is 5.73 Å². The standard InChI is InChI=1S/C10H13N5O4S/c11-7-4-8(13-2-12-7)15-10(14-4)20-9-6(18)5(17)3(1-16)19-9/h2-3,5-6,9,16-18H,1H2,(H3,11,12,13,14,15)/t3-,5+,6-,9-/m0/s1. The van der Waals surface area contributed by atoms with Crippen molar-refractivity contribution in [3.05, 3.63) is 6.33 Å². The lowest BCUT2D eigenvalue weighted by atomic mass is 10.2. The molecule has 6 N–H and O–H groups in total. The van der Waals surface area contributed by atoms with Crippen LogP contribution in [0, 0.1) is 0 Å². The Bertz CT molecular complexity index is 623. The number of aliphatic hydroxyl groups is 3. The van der Waals surface area contributed by atoms with Crippen LogP contribution >= 0.6 is 11.8 Å². The van der Waals surface area contributed by atoms with Crippen LogP contribution in [0.4, 0.5) is 5.82 Å². The van der Waals surface area contributed by atoms with Crippen molar-refractivity contribution in [3.63, 3.8) is 0 Å². The topological polar surface area (TPSA) is 150 Å². The van der Waals surface area contributed by atoms with Crippen LogP contribution in [0.1, 0.15) is 0 Å². The fraction of sp³-hybridized carbons (Fsp3) is 0.500. The molecule has 0 spiro atoms. The van der Waals surface area contributed by atoms with Crippen LogP contribution in [0.2, 0.25) is 0 Å². The molecule has 1 fully saturated rings. The number of hydrogen-bond donors (Lipinski definition) is 5.